The van der Waals surface area contributed by atoms with Crippen molar-refractivity contribution in [3.8, 4) is 0 Å². The molecule has 1 aliphatic carbocycles. The maximum atomic E-state index is 11.1. The summed E-state index contributed by atoms with van der Waals surface area (Å²) in [6.45, 7) is 0. The van der Waals surface area contributed by atoms with Gasteiger partial charge in [-0.05, 0) is 12.2 Å². The highest BCUT2D eigenvalue weighted by Crippen LogP contribution is 2.31. The molecule has 0 saturated heterocycles. The van der Waals surface area contributed by atoms with E-state index in [2.05, 4.69) is 15.3 Å². The number of alkyl halides is 1. The lowest BCUT2D eigenvalue weighted by atomic mass is 10.1. The van der Waals surface area contributed by atoms with Gasteiger partial charge in [-0.3, -0.25) is 9.78 Å². The van der Waals surface area contributed by atoms with Crippen LogP contribution in [0.1, 0.15) is 6.42 Å². The van der Waals surface area contributed by atoms with Crippen molar-refractivity contribution in [1.29, 1.82) is 0 Å². The summed E-state index contributed by atoms with van der Waals surface area (Å²) < 4.78 is 0. The number of rotatable bonds is 2. The van der Waals surface area contributed by atoms with Crippen LogP contribution < -0.4 is 10.9 Å². The minimum Gasteiger partial charge on any atom is -0.333 e. The number of hydrogen-bond donors (Lipinski definition) is 2. The molecule has 1 heterocycles. The third-order valence-corrected chi connectivity index (χ3v) is 2.67. The lowest BCUT2D eigenvalue weighted by Gasteiger charge is -2.26. The van der Waals surface area contributed by atoms with Crippen molar-refractivity contribution in [1.82, 2.24) is 9.97 Å². The number of aromatic amines is 1. The smallest absolute Gasteiger partial charge is 0.252 e. The first-order chi connectivity index (χ1) is 7.57. The van der Waals surface area contributed by atoms with Crippen molar-refractivity contribution >= 4 is 29.2 Å². The van der Waals surface area contributed by atoms with Crippen LogP contribution in [0.15, 0.2) is 40.3 Å². The third kappa shape index (κ3) is 2.65. The number of allylic oxidation sites excluding steroid dienone is 2. The Morgan fingerprint density at radius 3 is 3.06 bits per heavy atom. The van der Waals surface area contributed by atoms with Gasteiger partial charge in [-0.2, -0.15) is 0 Å². The van der Waals surface area contributed by atoms with E-state index < -0.39 is 5.00 Å². The molecule has 2 rings (SSSR count). The fourth-order valence-corrected chi connectivity index (χ4v) is 2.04. The van der Waals surface area contributed by atoms with E-state index in [0.29, 0.717) is 17.4 Å². The molecule has 1 aromatic heterocycles. The quantitative estimate of drug-likeness (QED) is 0.631. The summed E-state index contributed by atoms with van der Waals surface area (Å²) in [7, 11) is 0. The zero-order valence-corrected chi connectivity index (χ0v) is 9.72. The molecule has 0 aromatic carbocycles. The van der Waals surface area contributed by atoms with E-state index in [1.807, 2.05) is 0 Å². The molecule has 0 spiro atoms. The van der Waals surface area contributed by atoms with E-state index in [4.69, 9.17) is 23.2 Å². The lowest BCUT2D eigenvalue weighted by Crippen LogP contribution is -2.32. The summed E-state index contributed by atoms with van der Waals surface area (Å²) in [4.78, 5) is 16.7. The van der Waals surface area contributed by atoms with E-state index in [9.17, 15) is 4.79 Å². The molecule has 84 valence electrons. The van der Waals surface area contributed by atoms with Crippen LogP contribution in [0.25, 0.3) is 0 Å². The molecule has 6 heteroatoms. The Morgan fingerprint density at radius 1 is 1.56 bits per heavy atom. The highest BCUT2D eigenvalue weighted by atomic mass is 35.5. The van der Waals surface area contributed by atoms with Crippen LogP contribution in [0.4, 0.5) is 5.95 Å². The molecule has 0 amide bonds. The summed E-state index contributed by atoms with van der Waals surface area (Å²) in [6.07, 6.45) is 7.13. The van der Waals surface area contributed by atoms with Gasteiger partial charge >= 0.3 is 0 Å². The summed E-state index contributed by atoms with van der Waals surface area (Å²) in [5.74, 6) is 0.318. The SMILES string of the molecule is O=c1ccnc(NC2(Cl)C=CC=C(Cl)C2)[nH]1. The number of anilines is 1. The third-order valence-electron chi connectivity index (χ3n) is 2.06. The monoisotopic (exact) mass is 257 g/mol. The van der Waals surface area contributed by atoms with E-state index in [1.165, 1.54) is 12.3 Å². The Balaban J connectivity index is 2.19. The molecule has 4 nitrogen and oxygen atoms in total. The molecular weight excluding hydrogens is 249 g/mol. The van der Waals surface area contributed by atoms with Gasteiger partial charge in [-0.1, -0.05) is 29.3 Å². The molecular formula is C10H9Cl2N3O. The minimum atomic E-state index is -0.844. The zero-order chi connectivity index (χ0) is 11.6. The van der Waals surface area contributed by atoms with E-state index in [0.717, 1.165) is 0 Å². The van der Waals surface area contributed by atoms with Crippen LogP contribution in [0.3, 0.4) is 0 Å². The summed E-state index contributed by atoms with van der Waals surface area (Å²) in [5, 5.41) is 3.56. The normalized spacial score (nSPS) is 24.0. The topological polar surface area (TPSA) is 57.8 Å². The van der Waals surface area contributed by atoms with Crippen molar-refractivity contribution < 1.29 is 0 Å². The first kappa shape index (κ1) is 11.2. The molecule has 1 aromatic rings. The van der Waals surface area contributed by atoms with Crippen LogP contribution in [-0.4, -0.2) is 15.0 Å². The van der Waals surface area contributed by atoms with Gasteiger partial charge in [0, 0.05) is 23.7 Å². The van der Waals surface area contributed by atoms with Crippen molar-refractivity contribution in [2.75, 3.05) is 5.32 Å². The van der Waals surface area contributed by atoms with Crippen LogP contribution in [-0.2, 0) is 0 Å². The molecule has 0 bridgehead atoms. The second kappa shape index (κ2) is 4.31. The van der Waals surface area contributed by atoms with Gasteiger partial charge < -0.3 is 5.32 Å². The molecule has 0 aliphatic heterocycles. The Bertz CT molecular complexity index is 509. The van der Waals surface area contributed by atoms with Crippen LogP contribution >= 0.6 is 23.2 Å². The standard InChI is InChI=1S/C10H9Cl2N3O/c11-7-2-1-4-10(12,6-7)15-9-13-5-3-8(16)14-9/h1-5H,6H2,(H2,13,14,15,16). The molecule has 2 N–H and O–H groups in total. The number of H-pyrrole nitrogens is 1. The molecule has 0 saturated carbocycles. The van der Waals surface area contributed by atoms with Gasteiger partial charge in [0.05, 0.1) is 0 Å². The van der Waals surface area contributed by atoms with E-state index in [1.54, 1.807) is 18.2 Å². The van der Waals surface area contributed by atoms with Crippen molar-refractivity contribution in [2.24, 2.45) is 0 Å². The molecule has 1 aliphatic rings. The number of halogens is 2. The Hall–Kier alpha value is -1.26. The Morgan fingerprint density at radius 2 is 2.38 bits per heavy atom. The maximum Gasteiger partial charge on any atom is 0.252 e. The number of nitrogens with zero attached hydrogens (tertiary/aromatic N) is 1. The first-order valence-electron chi connectivity index (χ1n) is 4.64. The molecule has 1 unspecified atom stereocenters. The largest absolute Gasteiger partial charge is 0.333 e. The highest BCUT2D eigenvalue weighted by Gasteiger charge is 2.27. The predicted molar refractivity (Wildman–Crippen MR) is 64.8 cm³/mol. The zero-order valence-electron chi connectivity index (χ0n) is 8.21. The van der Waals surface area contributed by atoms with Gasteiger partial charge in [0.25, 0.3) is 5.56 Å². The fraction of sp³-hybridized carbons (Fsp3) is 0.200. The van der Waals surface area contributed by atoms with Gasteiger partial charge in [-0.25, -0.2) is 4.98 Å². The maximum absolute atomic E-state index is 11.1. The number of aromatic nitrogens is 2. The van der Waals surface area contributed by atoms with Crippen LogP contribution in [0, 0.1) is 0 Å². The van der Waals surface area contributed by atoms with Crippen molar-refractivity contribution in [3.05, 3.63) is 45.9 Å². The second-order valence-electron chi connectivity index (χ2n) is 3.42. The Labute approximate surface area is 102 Å². The van der Waals surface area contributed by atoms with Crippen molar-refractivity contribution in [2.45, 2.75) is 11.4 Å². The fourth-order valence-electron chi connectivity index (χ4n) is 1.39. The van der Waals surface area contributed by atoms with Crippen LogP contribution in [0.5, 0.6) is 0 Å². The Kier molecular flexibility index (Phi) is 3.03. The number of nitrogens with one attached hydrogen (secondary N) is 2. The second-order valence-corrected chi connectivity index (χ2v) is 4.58. The highest BCUT2D eigenvalue weighted by molar-refractivity contribution is 6.32. The first-order valence-corrected chi connectivity index (χ1v) is 5.39. The van der Waals surface area contributed by atoms with Crippen molar-refractivity contribution in [3.63, 3.8) is 0 Å². The molecule has 16 heavy (non-hydrogen) atoms. The van der Waals surface area contributed by atoms with Gasteiger partial charge in [0.1, 0.15) is 5.00 Å². The molecule has 1 atom stereocenters. The average Bonchev–Trinajstić information content (AvgIpc) is 2.16. The summed E-state index contributed by atoms with van der Waals surface area (Å²) in [5.41, 5.74) is -0.237. The van der Waals surface area contributed by atoms with Gasteiger partial charge in [0.2, 0.25) is 5.95 Å². The molecule has 0 radical (unpaired) electrons. The van der Waals surface area contributed by atoms with Gasteiger partial charge in [0.15, 0.2) is 0 Å². The number of hydrogen-bond acceptors (Lipinski definition) is 3. The van der Waals surface area contributed by atoms with Gasteiger partial charge in [-0.15, -0.1) is 0 Å². The van der Waals surface area contributed by atoms with E-state index >= 15 is 0 Å². The van der Waals surface area contributed by atoms with Crippen LogP contribution in [0.2, 0.25) is 0 Å². The summed E-state index contributed by atoms with van der Waals surface area (Å²) in [6, 6.07) is 1.33. The average molecular weight is 258 g/mol. The summed E-state index contributed by atoms with van der Waals surface area (Å²) >= 11 is 12.2. The van der Waals surface area contributed by atoms with E-state index in [-0.39, 0.29) is 5.56 Å². The molecule has 0 fully saturated rings. The minimum absolute atomic E-state index is 0.237. The predicted octanol–water partition coefficient (Wildman–Crippen LogP) is 2.20. The lowest BCUT2D eigenvalue weighted by molar-refractivity contribution is 0.775.